The number of benzene rings is 1. The maximum Gasteiger partial charge on any atom is 0.223 e. The van der Waals surface area contributed by atoms with Gasteiger partial charge in [-0.2, -0.15) is 0 Å². The Bertz CT molecular complexity index is 1120. The van der Waals surface area contributed by atoms with Crippen LogP contribution in [0.3, 0.4) is 0 Å². The fraction of sp³-hybridized carbons (Fsp3) is 0.440. The van der Waals surface area contributed by atoms with Crippen molar-refractivity contribution in [1.82, 2.24) is 15.3 Å². The number of ether oxygens (including phenoxy) is 1. The number of nitrogens with one attached hydrogen (secondary N) is 3. The molecule has 3 rings (SSSR count). The van der Waals surface area contributed by atoms with Gasteiger partial charge in [-0.3, -0.25) is 0 Å². The Morgan fingerprint density at radius 1 is 1.37 bits per heavy atom. The second-order valence-corrected chi connectivity index (χ2v) is 11.8. The van der Waals surface area contributed by atoms with Gasteiger partial charge in [0.25, 0.3) is 0 Å². The maximum absolute atomic E-state index is 14.8. The van der Waals surface area contributed by atoms with E-state index in [0.29, 0.717) is 28.7 Å². The molecule has 0 bridgehead atoms. The minimum atomic E-state index is -1.38. The highest BCUT2D eigenvalue weighted by Gasteiger charge is 2.18. The molecule has 0 saturated carbocycles. The zero-order chi connectivity index (χ0) is 25.5. The van der Waals surface area contributed by atoms with Crippen molar-refractivity contribution in [2.24, 2.45) is 0 Å². The van der Waals surface area contributed by atoms with Gasteiger partial charge in [0.15, 0.2) is 5.82 Å². The van der Waals surface area contributed by atoms with Crippen LogP contribution in [0.2, 0.25) is 0 Å². The number of anilines is 2. The molecule has 2 aromatic rings. The molecule has 1 aromatic heterocycles. The molecule has 0 radical (unpaired) electrons. The van der Waals surface area contributed by atoms with Crippen molar-refractivity contribution in [1.29, 1.82) is 0 Å². The third-order valence-corrected chi connectivity index (χ3v) is 7.61. The van der Waals surface area contributed by atoms with E-state index in [1.807, 2.05) is 26.8 Å². The minimum absolute atomic E-state index is 0.140. The lowest BCUT2D eigenvalue weighted by Gasteiger charge is -2.24. The van der Waals surface area contributed by atoms with Crippen LogP contribution in [0.15, 0.2) is 41.6 Å². The van der Waals surface area contributed by atoms with Crippen LogP contribution in [0, 0.1) is 12.7 Å². The van der Waals surface area contributed by atoms with Gasteiger partial charge in [-0.05, 0) is 76.6 Å². The molecule has 2 atom stereocenters. The van der Waals surface area contributed by atoms with Crippen molar-refractivity contribution in [3.05, 3.63) is 58.7 Å². The number of hydrogen-bond acceptors (Lipinski definition) is 7. The Morgan fingerprint density at radius 3 is 2.80 bits per heavy atom. The number of halogens is 1. The second kappa shape index (κ2) is 12.5. The smallest absolute Gasteiger partial charge is 0.223 e. The molecule has 1 aliphatic heterocycles. The van der Waals surface area contributed by atoms with Gasteiger partial charge in [0.05, 0.1) is 16.3 Å². The van der Waals surface area contributed by atoms with E-state index in [1.54, 1.807) is 26.1 Å². The van der Waals surface area contributed by atoms with Gasteiger partial charge in [-0.15, -0.1) is 0 Å². The summed E-state index contributed by atoms with van der Waals surface area (Å²) in [4.78, 5) is 10.7. The molecule has 35 heavy (non-hydrogen) atoms. The molecule has 3 N–H and O–H groups in total. The summed E-state index contributed by atoms with van der Waals surface area (Å²) in [5.41, 5.74) is 1.59. The van der Waals surface area contributed by atoms with Crippen molar-refractivity contribution in [3.63, 3.8) is 0 Å². The van der Waals surface area contributed by atoms with Gasteiger partial charge in [0.1, 0.15) is 22.5 Å². The number of aryl methyl sites for hydroxylation is 1. The lowest BCUT2D eigenvalue weighted by molar-refractivity contribution is 0.425. The first-order chi connectivity index (χ1) is 16.6. The lowest BCUT2D eigenvalue weighted by Crippen LogP contribution is -2.38. The highest BCUT2D eigenvalue weighted by molar-refractivity contribution is 8.11. The Morgan fingerprint density at radius 2 is 2.14 bits per heavy atom. The summed E-state index contributed by atoms with van der Waals surface area (Å²) in [6, 6.07) is 5.02. The van der Waals surface area contributed by atoms with Crippen LogP contribution in [0.4, 0.5) is 16.0 Å². The fourth-order valence-electron chi connectivity index (χ4n) is 3.48. The predicted molar refractivity (Wildman–Crippen MR) is 145 cm³/mol. The Balaban J connectivity index is 1.87. The molecule has 0 amide bonds. The topological polar surface area (TPSA) is 88.2 Å². The first-order valence-corrected chi connectivity index (χ1v) is 13.7. The van der Waals surface area contributed by atoms with E-state index in [2.05, 4.69) is 26.9 Å². The molecule has 10 heteroatoms. The van der Waals surface area contributed by atoms with Gasteiger partial charge >= 0.3 is 0 Å². The minimum Gasteiger partial charge on any atom is -0.460 e. The summed E-state index contributed by atoms with van der Waals surface area (Å²) in [5, 5.41) is 6.64. The Hall–Kier alpha value is -2.43. The molecule has 1 aromatic carbocycles. The van der Waals surface area contributed by atoms with E-state index in [0.717, 1.165) is 35.7 Å². The largest absolute Gasteiger partial charge is 0.460 e. The van der Waals surface area contributed by atoms with Crippen LogP contribution in [0.25, 0.3) is 4.91 Å². The van der Waals surface area contributed by atoms with Crippen molar-refractivity contribution in [2.75, 3.05) is 23.1 Å². The SMILES string of the molecule is C=C(C)S/C(=C(\C)Oc1cc(F)c(NS(=O)C(C)C)cc1C)c1ccnc(NC2CCCNC2)n1. The number of hydrogen-bond donors (Lipinski definition) is 3. The molecule has 7 nitrogen and oxygen atoms in total. The van der Waals surface area contributed by atoms with Crippen molar-refractivity contribution in [3.8, 4) is 5.75 Å². The van der Waals surface area contributed by atoms with E-state index in [9.17, 15) is 8.60 Å². The molecule has 1 fully saturated rings. The van der Waals surface area contributed by atoms with Gasteiger partial charge in [0, 0.05) is 30.1 Å². The number of aromatic nitrogens is 2. The first kappa shape index (κ1) is 27.2. The fourth-order valence-corrected chi connectivity index (χ4v) is 4.84. The molecule has 1 aliphatic rings. The average Bonchev–Trinajstić information content (AvgIpc) is 2.81. The number of nitrogens with zero attached hydrogens (tertiary/aromatic N) is 2. The summed E-state index contributed by atoms with van der Waals surface area (Å²) in [7, 11) is -1.38. The molecular formula is C25H34FN5O2S2. The lowest BCUT2D eigenvalue weighted by atomic mass is 10.1. The number of rotatable bonds is 10. The van der Waals surface area contributed by atoms with Crippen LogP contribution in [0.5, 0.6) is 5.75 Å². The third-order valence-electron chi connectivity index (χ3n) is 5.28. The summed E-state index contributed by atoms with van der Waals surface area (Å²) in [6.45, 7) is 15.1. The van der Waals surface area contributed by atoms with Crippen LogP contribution < -0.4 is 20.1 Å². The van der Waals surface area contributed by atoms with Gasteiger partial charge in [0.2, 0.25) is 5.95 Å². The van der Waals surface area contributed by atoms with Crippen molar-refractivity contribution in [2.45, 2.75) is 58.8 Å². The molecule has 0 aliphatic carbocycles. The summed E-state index contributed by atoms with van der Waals surface area (Å²) in [5.74, 6) is 0.966. The molecule has 2 unspecified atom stereocenters. The van der Waals surface area contributed by atoms with E-state index in [-0.39, 0.29) is 17.0 Å². The Labute approximate surface area is 214 Å². The monoisotopic (exact) mass is 519 g/mol. The highest BCUT2D eigenvalue weighted by atomic mass is 32.2. The van der Waals surface area contributed by atoms with Crippen LogP contribution >= 0.6 is 11.8 Å². The quantitative estimate of drug-likeness (QED) is 0.352. The predicted octanol–water partition coefficient (Wildman–Crippen LogP) is 5.61. The second-order valence-electron chi connectivity index (χ2n) is 8.79. The van der Waals surface area contributed by atoms with E-state index in [1.165, 1.54) is 17.8 Å². The zero-order valence-electron chi connectivity index (χ0n) is 20.9. The number of thioether (sulfide) groups is 1. The van der Waals surface area contributed by atoms with E-state index in [4.69, 9.17) is 9.72 Å². The first-order valence-electron chi connectivity index (χ1n) is 11.6. The van der Waals surface area contributed by atoms with Crippen molar-refractivity contribution >= 4 is 39.3 Å². The summed E-state index contributed by atoms with van der Waals surface area (Å²) < 4.78 is 35.7. The zero-order valence-corrected chi connectivity index (χ0v) is 22.5. The number of piperidine rings is 1. The summed E-state index contributed by atoms with van der Waals surface area (Å²) in [6.07, 6.45) is 3.89. The normalized spacial score (nSPS) is 17.5. The van der Waals surface area contributed by atoms with Crippen LogP contribution in [-0.4, -0.2) is 38.6 Å². The van der Waals surface area contributed by atoms with Gasteiger partial charge in [-0.1, -0.05) is 18.3 Å². The standard InChI is InChI=1S/C25H34FN5O2S2/c1-15(2)34-24(21-9-11-28-25(30-21)29-19-8-7-10-27-14-19)18(6)33-23-13-20(26)22(12-17(23)5)31-35(32)16(3)4/h9,11-13,16,19,27,31H,1,7-8,10,14H2,2-6H3,(H,28,29,30)/b24-18+. The van der Waals surface area contributed by atoms with Crippen LogP contribution in [0.1, 0.15) is 51.8 Å². The molecular weight excluding hydrogens is 485 g/mol. The highest BCUT2D eigenvalue weighted by Crippen LogP contribution is 2.36. The van der Waals surface area contributed by atoms with Crippen molar-refractivity contribution < 1.29 is 13.3 Å². The summed E-state index contributed by atoms with van der Waals surface area (Å²) >= 11 is 1.44. The molecule has 0 spiro atoms. The molecule has 2 heterocycles. The maximum atomic E-state index is 14.8. The average molecular weight is 520 g/mol. The third kappa shape index (κ3) is 7.78. The van der Waals surface area contributed by atoms with E-state index >= 15 is 0 Å². The molecule has 1 saturated heterocycles. The van der Waals surface area contributed by atoms with Gasteiger partial charge in [-0.25, -0.2) is 18.6 Å². The molecule has 190 valence electrons. The van der Waals surface area contributed by atoms with Crippen LogP contribution in [-0.2, 0) is 11.0 Å². The Kier molecular flexibility index (Phi) is 9.71. The number of allylic oxidation sites excluding steroid dienone is 2. The van der Waals surface area contributed by atoms with E-state index < -0.39 is 16.8 Å². The van der Waals surface area contributed by atoms with Gasteiger partial charge < -0.3 is 20.1 Å².